The molecule has 0 spiro atoms. The molecule has 2 rings (SSSR count). The molecule has 0 saturated carbocycles. The predicted molar refractivity (Wildman–Crippen MR) is 54.1 cm³/mol. The molecular formula is C9H7BrN2O. The lowest BCUT2D eigenvalue weighted by Crippen LogP contribution is -1.89. The van der Waals surface area contributed by atoms with E-state index in [-0.39, 0.29) is 0 Å². The summed E-state index contributed by atoms with van der Waals surface area (Å²) < 4.78 is 6.17. The Hall–Kier alpha value is -1.29. The molecule has 0 fully saturated rings. The zero-order valence-electron chi connectivity index (χ0n) is 6.70. The van der Waals surface area contributed by atoms with Gasteiger partial charge in [0.25, 0.3) is 0 Å². The standard InChI is InChI=1S/C9H7BrN2O/c10-7-2-4-13-9(7)6-1-3-12-5-8(6)11/h1-5H,11H2. The lowest BCUT2D eigenvalue weighted by molar-refractivity contribution is 0.581. The molecule has 0 aliphatic heterocycles. The van der Waals surface area contributed by atoms with Crippen LogP contribution >= 0.6 is 15.9 Å². The van der Waals surface area contributed by atoms with Crippen molar-refractivity contribution >= 4 is 21.6 Å². The highest BCUT2D eigenvalue weighted by atomic mass is 79.9. The van der Waals surface area contributed by atoms with E-state index in [0.29, 0.717) is 5.69 Å². The largest absolute Gasteiger partial charge is 0.463 e. The van der Waals surface area contributed by atoms with E-state index < -0.39 is 0 Å². The van der Waals surface area contributed by atoms with Gasteiger partial charge in [-0.05, 0) is 28.1 Å². The molecule has 2 aromatic rings. The number of nitrogen functional groups attached to an aromatic ring is 1. The van der Waals surface area contributed by atoms with Crippen LogP contribution in [0.3, 0.4) is 0 Å². The molecule has 0 atom stereocenters. The van der Waals surface area contributed by atoms with Crippen LogP contribution in [-0.2, 0) is 0 Å². The molecule has 3 nitrogen and oxygen atoms in total. The summed E-state index contributed by atoms with van der Waals surface area (Å²) in [7, 11) is 0. The second-order valence-electron chi connectivity index (χ2n) is 2.56. The molecule has 4 heteroatoms. The third kappa shape index (κ3) is 1.45. The predicted octanol–water partition coefficient (Wildman–Crippen LogP) is 2.69. The zero-order chi connectivity index (χ0) is 9.26. The minimum absolute atomic E-state index is 0.609. The maximum absolute atomic E-state index is 5.74. The van der Waals surface area contributed by atoms with Crippen LogP contribution in [0.5, 0.6) is 0 Å². The van der Waals surface area contributed by atoms with Gasteiger partial charge < -0.3 is 10.2 Å². The molecule has 0 amide bonds. The highest BCUT2D eigenvalue weighted by Gasteiger charge is 2.08. The summed E-state index contributed by atoms with van der Waals surface area (Å²) in [6.45, 7) is 0. The number of pyridine rings is 1. The number of hydrogen-bond donors (Lipinski definition) is 1. The van der Waals surface area contributed by atoms with Gasteiger partial charge in [-0.15, -0.1) is 0 Å². The third-order valence-electron chi connectivity index (χ3n) is 1.71. The molecule has 0 aliphatic rings. The molecule has 0 aliphatic carbocycles. The Labute approximate surface area is 83.7 Å². The maximum atomic E-state index is 5.74. The molecule has 0 radical (unpaired) electrons. The minimum atomic E-state index is 0.609. The van der Waals surface area contributed by atoms with Gasteiger partial charge in [0.05, 0.1) is 22.6 Å². The Morgan fingerprint density at radius 3 is 2.85 bits per heavy atom. The smallest absolute Gasteiger partial charge is 0.150 e. The van der Waals surface area contributed by atoms with Crippen molar-refractivity contribution in [3.05, 3.63) is 35.3 Å². The van der Waals surface area contributed by atoms with E-state index in [4.69, 9.17) is 10.2 Å². The van der Waals surface area contributed by atoms with Gasteiger partial charge in [-0.1, -0.05) is 0 Å². The van der Waals surface area contributed by atoms with Crippen molar-refractivity contribution in [2.24, 2.45) is 0 Å². The quantitative estimate of drug-likeness (QED) is 0.832. The van der Waals surface area contributed by atoms with Crippen molar-refractivity contribution in [1.29, 1.82) is 0 Å². The fraction of sp³-hybridized carbons (Fsp3) is 0. The topological polar surface area (TPSA) is 52.0 Å². The van der Waals surface area contributed by atoms with Gasteiger partial charge in [-0.25, -0.2) is 0 Å². The lowest BCUT2D eigenvalue weighted by atomic mass is 10.2. The van der Waals surface area contributed by atoms with E-state index in [1.54, 1.807) is 18.7 Å². The summed E-state index contributed by atoms with van der Waals surface area (Å²) in [6, 6.07) is 3.65. The van der Waals surface area contributed by atoms with Gasteiger partial charge in [0.1, 0.15) is 5.76 Å². The van der Waals surface area contributed by atoms with E-state index in [1.165, 1.54) is 0 Å². The first-order valence-electron chi connectivity index (χ1n) is 3.72. The number of nitrogens with zero attached hydrogens (tertiary/aromatic N) is 1. The average molecular weight is 239 g/mol. The van der Waals surface area contributed by atoms with Crippen LogP contribution in [0.25, 0.3) is 11.3 Å². The molecular weight excluding hydrogens is 232 g/mol. The van der Waals surface area contributed by atoms with Gasteiger partial charge in [0, 0.05) is 11.8 Å². The summed E-state index contributed by atoms with van der Waals surface area (Å²) >= 11 is 3.37. The first-order chi connectivity index (χ1) is 6.29. The lowest BCUT2D eigenvalue weighted by Gasteiger charge is -2.00. The van der Waals surface area contributed by atoms with Crippen LogP contribution in [0, 0.1) is 0 Å². The SMILES string of the molecule is Nc1cnccc1-c1occc1Br. The molecule has 13 heavy (non-hydrogen) atoms. The molecule has 2 aromatic heterocycles. The zero-order valence-corrected chi connectivity index (χ0v) is 8.28. The van der Waals surface area contributed by atoms with E-state index in [0.717, 1.165) is 15.8 Å². The number of halogens is 1. The molecule has 0 aromatic carbocycles. The van der Waals surface area contributed by atoms with Crippen LogP contribution in [0.2, 0.25) is 0 Å². The number of aromatic nitrogens is 1. The Morgan fingerprint density at radius 1 is 1.38 bits per heavy atom. The first kappa shape index (κ1) is 8.31. The van der Waals surface area contributed by atoms with Crippen molar-refractivity contribution in [2.45, 2.75) is 0 Å². The van der Waals surface area contributed by atoms with Gasteiger partial charge in [0.2, 0.25) is 0 Å². The molecule has 0 bridgehead atoms. The molecule has 66 valence electrons. The summed E-state index contributed by atoms with van der Waals surface area (Å²) in [5.41, 5.74) is 7.20. The van der Waals surface area contributed by atoms with Crippen LogP contribution in [-0.4, -0.2) is 4.98 Å². The monoisotopic (exact) mass is 238 g/mol. The van der Waals surface area contributed by atoms with E-state index in [2.05, 4.69) is 20.9 Å². The summed E-state index contributed by atoms with van der Waals surface area (Å²) in [5, 5.41) is 0. The van der Waals surface area contributed by atoms with Gasteiger partial charge in [0.15, 0.2) is 0 Å². The highest BCUT2D eigenvalue weighted by molar-refractivity contribution is 9.10. The van der Waals surface area contributed by atoms with Crippen LogP contribution in [0.4, 0.5) is 5.69 Å². The molecule has 2 heterocycles. The van der Waals surface area contributed by atoms with Gasteiger partial charge in [-0.2, -0.15) is 0 Å². The Bertz CT molecular complexity index is 425. The van der Waals surface area contributed by atoms with Crippen molar-refractivity contribution < 1.29 is 4.42 Å². The van der Waals surface area contributed by atoms with Crippen molar-refractivity contribution in [1.82, 2.24) is 4.98 Å². The van der Waals surface area contributed by atoms with Crippen LogP contribution in [0.1, 0.15) is 0 Å². The maximum Gasteiger partial charge on any atom is 0.150 e. The average Bonchev–Trinajstić information content (AvgIpc) is 2.52. The minimum Gasteiger partial charge on any atom is -0.463 e. The summed E-state index contributed by atoms with van der Waals surface area (Å²) in [6.07, 6.45) is 4.89. The normalized spacial score (nSPS) is 10.2. The first-order valence-corrected chi connectivity index (χ1v) is 4.51. The number of rotatable bonds is 1. The molecule has 0 unspecified atom stereocenters. The highest BCUT2D eigenvalue weighted by Crippen LogP contribution is 2.32. The number of furan rings is 1. The van der Waals surface area contributed by atoms with E-state index >= 15 is 0 Å². The Morgan fingerprint density at radius 2 is 2.23 bits per heavy atom. The Kier molecular flexibility index (Phi) is 2.06. The second-order valence-corrected chi connectivity index (χ2v) is 3.41. The van der Waals surface area contributed by atoms with Gasteiger partial charge >= 0.3 is 0 Å². The number of anilines is 1. The molecule has 2 N–H and O–H groups in total. The van der Waals surface area contributed by atoms with Crippen molar-refractivity contribution in [3.63, 3.8) is 0 Å². The molecule has 0 saturated heterocycles. The summed E-state index contributed by atoms with van der Waals surface area (Å²) in [4.78, 5) is 3.90. The van der Waals surface area contributed by atoms with Crippen LogP contribution < -0.4 is 5.73 Å². The number of hydrogen-bond acceptors (Lipinski definition) is 3. The van der Waals surface area contributed by atoms with Crippen LogP contribution in [0.15, 0.2) is 39.7 Å². The van der Waals surface area contributed by atoms with Crippen molar-refractivity contribution in [3.8, 4) is 11.3 Å². The Balaban J connectivity index is 2.59. The fourth-order valence-electron chi connectivity index (χ4n) is 1.10. The number of nitrogens with two attached hydrogens (primary N) is 1. The van der Waals surface area contributed by atoms with Crippen molar-refractivity contribution in [2.75, 3.05) is 5.73 Å². The van der Waals surface area contributed by atoms with E-state index in [1.807, 2.05) is 12.1 Å². The fourth-order valence-corrected chi connectivity index (χ4v) is 1.51. The van der Waals surface area contributed by atoms with E-state index in [9.17, 15) is 0 Å². The third-order valence-corrected chi connectivity index (χ3v) is 2.34. The van der Waals surface area contributed by atoms with Gasteiger partial charge in [-0.3, -0.25) is 4.98 Å². The second kappa shape index (κ2) is 3.22. The summed E-state index contributed by atoms with van der Waals surface area (Å²) in [5.74, 6) is 0.736.